The van der Waals surface area contributed by atoms with E-state index in [0.29, 0.717) is 5.75 Å². The van der Waals surface area contributed by atoms with E-state index in [2.05, 4.69) is 29.3 Å². The number of ether oxygens (including phenoxy) is 1. The maximum Gasteiger partial charge on any atom is 0.123 e. The number of nitrogens with one attached hydrogen (secondary N) is 1. The minimum Gasteiger partial charge on any atom is -0.496 e. The first-order valence-electron chi connectivity index (χ1n) is 6.75. The molecule has 20 heavy (non-hydrogen) atoms. The van der Waals surface area contributed by atoms with Crippen LogP contribution < -0.4 is 16.0 Å². The Labute approximate surface area is 119 Å². The zero-order chi connectivity index (χ0) is 14.7. The van der Waals surface area contributed by atoms with Crippen molar-refractivity contribution in [1.29, 1.82) is 0 Å². The van der Waals surface area contributed by atoms with Crippen molar-refractivity contribution in [1.82, 2.24) is 15.2 Å². The molecule has 2 unspecified atom stereocenters. The van der Waals surface area contributed by atoms with Gasteiger partial charge in [-0.05, 0) is 32.3 Å². The molecule has 0 spiro atoms. The summed E-state index contributed by atoms with van der Waals surface area (Å²) in [5, 5.41) is 0. The van der Waals surface area contributed by atoms with Crippen molar-refractivity contribution in [3.05, 3.63) is 29.6 Å². The van der Waals surface area contributed by atoms with Crippen molar-refractivity contribution in [3.63, 3.8) is 0 Å². The number of likely N-dealkylation sites (N-methyl/N-ethyl adjacent to an activating group) is 2. The van der Waals surface area contributed by atoms with Crippen LogP contribution in [0.25, 0.3) is 0 Å². The Morgan fingerprint density at radius 2 is 2.15 bits per heavy atom. The zero-order valence-electron chi connectivity index (χ0n) is 12.3. The summed E-state index contributed by atoms with van der Waals surface area (Å²) in [6, 6.07) is 4.50. The van der Waals surface area contributed by atoms with Crippen LogP contribution in [0.2, 0.25) is 0 Å². The second-order valence-corrected chi connectivity index (χ2v) is 5.34. The van der Waals surface area contributed by atoms with Crippen molar-refractivity contribution < 1.29 is 9.13 Å². The lowest BCUT2D eigenvalue weighted by atomic mass is 9.96. The zero-order valence-corrected chi connectivity index (χ0v) is 12.3. The Morgan fingerprint density at radius 1 is 1.40 bits per heavy atom. The number of benzene rings is 1. The summed E-state index contributed by atoms with van der Waals surface area (Å²) in [7, 11) is 5.73. The van der Waals surface area contributed by atoms with Crippen LogP contribution in [0.3, 0.4) is 0 Å². The fourth-order valence-corrected chi connectivity index (χ4v) is 2.76. The Balaban J connectivity index is 2.33. The summed E-state index contributed by atoms with van der Waals surface area (Å²) >= 11 is 0. The molecule has 1 aromatic rings. The molecule has 0 saturated carbocycles. The van der Waals surface area contributed by atoms with Gasteiger partial charge in [0.2, 0.25) is 0 Å². The molecule has 1 saturated heterocycles. The average molecular weight is 282 g/mol. The van der Waals surface area contributed by atoms with Gasteiger partial charge in [-0.3, -0.25) is 16.2 Å². The maximum absolute atomic E-state index is 13.6. The molecular weight excluding hydrogens is 259 g/mol. The molecule has 2 atom stereocenters. The first-order valence-corrected chi connectivity index (χ1v) is 6.75. The Kier molecular flexibility index (Phi) is 4.93. The lowest BCUT2D eigenvalue weighted by Gasteiger charge is -2.42. The lowest BCUT2D eigenvalue weighted by Crippen LogP contribution is -2.56. The van der Waals surface area contributed by atoms with Gasteiger partial charge in [-0.1, -0.05) is 0 Å². The molecule has 5 nitrogen and oxygen atoms in total. The molecule has 0 amide bonds. The van der Waals surface area contributed by atoms with E-state index in [4.69, 9.17) is 10.6 Å². The molecule has 0 radical (unpaired) electrons. The van der Waals surface area contributed by atoms with Gasteiger partial charge in [0.25, 0.3) is 0 Å². The number of nitrogens with zero attached hydrogens (tertiary/aromatic N) is 2. The lowest BCUT2D eigenvalue weighted by molar-refractivity contribution is 0.0868. The van der Waals surface area contributed by atoms with E-state index in [-0.39, 0.29) is 17.9 Å². The molecule has 3 N–H and O–H groups in total. The molecule has 0 bridgehead atoms. The van der Waals surface area contributed by atoms with E-state index in [1.165, 1.54) is 12.1 Å². The minimum absolute atomic E-state index is 0.162. The summed E-state index contributed by atoms with van der Waals surface area (Å²) in [5.41, 5.74) is 3.58. The van der Waals surface area contributed by atoms with Gasteiger partial charge >= 0.3 is 0 Å². The van der Waals surface area contributed by atoms with Gasteiger partial charge in [-0.25, -0.2) is 4.39 Å². The van der Waals surface area contributed by atoms with Crippen molar-refractivity contribution in [2.24, 2.45) is 5.84 Å². The Bertz CT molecular complexity index is 457. The SMILES string of the molecule is COc1ccc(F)cc1C(NN)C1CN(C)CCN1C. The summed E-state index contributed by atoms with van der Waals surface area (Å²) in [5.74, 6) is 6.11. The topological polar surface area (TPSA) is 53.8 Å². The number of piperazine rings is 1. The van der Waals surface area contributed by atoms with Crippen LogP contribution in [0.1, 0.15) is 11.6 Å². The van der Waals surface area contributed by atoms with Crippen molar-refractivity contribution in [2.45, 2.75) is 12.1 Å². The van der Waals surface area contributed by atoms with Crippen LogP contribution in [0.15, 0.2) is 18.2 Å². The molecular formula is C14H23FN4O. The van der Waals surface area contributed by atoms with Crippen LogP contribution in [0.4, 0.5) is 4.39 Å². The maximum atomic E-state index is 13.6. The summed E-state index contributed by atoms with van der Waals surface area (Å²) in [6.45, 7) is 2.84. The van der Waals surface area contributed by atoms with Gasteiger partial charge in [-0.15, -0.1) is 0 Å². The number of hydrogen-bond acceptors (Lipinski definition) is 5. The molecule has 1 aliphatic rings. The predicted molar refractivity (Wildman–Crippen MR) is 76.9 cm³/mol. The normalized spacial score (nSPS) is 22.8. The second-order valence-electron chi connectivity index (χ2n) is 5.34. The van der Waals surface area contributed by atoms with E-state index < -0.39 is 0 Å². The molecule has 6 heteroatoms. The summed E-state index contributed by atoms with van der Waals surface area (Å²) < 4.78 is 18.9. The monoisotopic (exact) mass is 282 g/mol. The largest absolute Gasteiger partial charge is 0.496 e. The van der Waals surface area contributed by atoms with Crippen LogP contribution >= 0.6 is 0 Å². The van der Waals surface area contributed by atoms with Gasteiger partial charge < -0.3 is 9.64 Å². The number of nitrogens with two attached hydrogens (primary N) is 1. The average Bonchev–Trinajstić information content (AvgIpc) is 2.44. The summed E-state index contributed by atoms with van der Waals surface area (Å²) in [6.07, 6.45) is 0. The second kappa shape index (κ2) is 6.49. The molecule has 0 aliphatic carbocycles. The van der Waals surface area contributed by atoms with E-state index >= 15 is 0 Å². The first kappa shape index (κ1) is 15.2. The molecule has 1 heterocycles. The smallest absolute Gasteiger partial charge is 0.123 e. The number of methoxy groups -OCH3 is 1. The van der Waals surface area contributed by atoms with Gasteiger partial charge in [0.1, 0.15) is 11.6 Å². The van der Waals surface area contributed by atoms with E-state index in [1.807, 2.05) is 0 Å². The fourth-order valence-electron chi connectivity index (χ4n) is 2.76. The highest BCUT2D eigenvalue weighted by Crippen LogP contribution is 2.30. The molecule has 1 fully saturated rings. The number of halogens is 1. The number of hydrogen-bond donors (Lipinski definition) is 2. The molecule has 1 aromatic carbocycles. The first-order chi connectivity index (χ1) is 9.56. The third-order valence-electron chi connectivity index (χ3n) is 3.99. The number of hydrazine groups is 1. The van der Waals surface area contributed by atoms with Crippen LogP contribution in [-0.2, 0) is 0 Å². The highest BCUT2D eigenvalue weighted by atomic mass is 19.1. The highest BCUT2D eigenvalue weighted by molar-refractivity contribution is 5.37. The highest BCUT2D eigenvalue weighted by Gasteiger charge is 2.32. The molecule has 1 aliphatic heterocycles. The standard InChI is InChI=1S/C14H23FN4O/c1-18-6-7-19(2)12(9-18)14(17-16)11-8-10(15)4-5-13(11)20-3/h4-5,8,12,14,17H,6-7,9,16H2,1-3H3. The van der Waals surface area contributed by atoms with Crippen LogP contribution in [-0.4, -0.2) is 56.7 Å². The van der Waals surface area contributed by atoms with Crippen LogP contribution in [0.5, 0.6) is 5.75 Å². The van der Waals surface area contributed by atoms with Gasteiger partial charge in [-0.2, -0.15) is 0 Å². The van der Waals surface area contributed by atoms with E-state index in [1.54, 1.807) is 13.2 Å². The predicted octanol–water partition coefficient (Wildman–Crippen LogP) is 0.585. The van der Waals surface area contributed by atoms with Gasteiger partial charge in [0.15, 0.2) is 0 Å². The fraction of sp³-hybridized carbons (Fsp3) is 0.571. The molecule has 2 rings (SSSR count). The van der Waals surface area contributed by atoms with Crippen molar-refractivity contribution in [2.75, 3.05) is 40.8 Å². The molecule has 112 valence electrons. The van der Waals surface area contributed by atoms with Crippen LogP contribution in [0, 0.1) is 5.82 Å². The Hall–Kier alpha value is -1.21. The Morgan fingerprint density at radius 3 is 2.80 bits per heavy atom. The quantitative estimate of drug-likeness (QED) is 0.625. The van der Waals surface area contributed by atoms with Gasteiger partial charge in [0, 0.05) is 31.2 Å². The minimum atomic E-state index is -0.284. The third kappa shape index (κ3) is 3.09. The molecule has 0 aromatic heterocycles. The van der Waals surface area contributed by atoms with E-state index in [9.17, 15) is 4.39 Å². The van der Waals surface area contributed by atoms with Crippen molar-refractivity contribution in [3.8, 4) is 5.75 Å². The van der Waals surface area contributed by atoms with Gasteiger partial charge in [0.05, 0.1) is 13.2 Å². The van der Waals surface area contributed by atoms with Crippen molar-refractivity contribution >= 4 is 0 Å². The number of rotatable bonds is 4. The third-order valence-corrected chi connectivity index (χ3v) is 3.99. The summed E-state index contributed by atoms with van der Waals surface area (Å²) in [4.78, 5) is 4.50. The van der Waals surface area contributed by atoms with E-state index in [0.717, 1.165) is 25.2 Å².